The van der Waals surface area contributed by atoms with E-state index in [-0.39, 0.29) is 11.6 Å². The first-order valence-corrected chi connectivity index (χ1v) is 14.1. The van der Waals surface area contributed by atoms with E-state index >= 15 is 0 Å². The molecule has 0 bridgehead atoms. The highest BCUT2D eigenvalue weighted by Crippen LogP contribution is 2.50. The molecule has 0 amide bonds. The fourth-order valence-electron chi connectivity index (χ4n) is 5.20. The first-order chi connectivity index (χ1) is 19.5. The molecule has 0 spiro atoms. The van der Waals surface area contributed by atoms with Crippen LogP contribution in [0.2, 0.25) is 0 Å². The van der Waals surface area contributed by atoms with Gasteiger partial charge < -0.3 is 19.9 Å². The van der Waals surface area contributed by atoms with Gasteiger partial charge >= 0.3 is 12.4 Å². The second kappa shape index (κ2) is 12.1. The van der Waals surface area contributed by atoms with Crippen molar-refractivity contribution in [2.45, 2.75) is 41.0 Å². The average molecular weight is 597 g/mol. The molecule has 2 aliphatic rings. The van der Waals surface area contributed by atoms with E-state index in [0.29, 0.717) is 54.5 Å². The molecule has 1 N–H and O–H groups in total. The van der Waals surface area contributed by atoms with Crippen molar-refractivity contribution in [2.24, 2.45) is 0 Å². The lowest BCUT2D eigenvalue weighted by molar-refractivity contribution is -0.163. The summed E-state index contributed by atoms with van der Waals surface area (Å²) in [6, 6.07) is 11.9. The van der Waals surface area contributed by atoms with E-state index in [0.717, 1.165) is 38.1 Å². The van der Waals surface area contributed by atoms with Gasteiger partial charge in [0.1, 0.15) is 5.82 Å². The Morgan fingerprint density at radius 2 is 1.54 bits per heavy atom. The van der Waals surface area contributed by atoms with E-state index in [9.17, 15) is 26.3 Å². The number of alkyl halides is 6. The lowest BCUT2D eigenvalue weighted by atomic mass is 9.94. The molecule has 2 aliphatic heterocycles. The molecule has 1 aromatic heterocycles. The Bertz CT molecular complexity index is 1350. The molecule has 0 saturated carbocycles. The SMILES string of the molecule is CN1CCC(Nc2ccccc2Sc2ccc(-c3ccnc(N4CCOCC4)c3)c(C(F)(F)F)c2C(F)(F)F)CC1. The lowest BCUT2D eigenvalue weighted by Crippen LogP contribution is -2.36. The third-order valence-corrected chi connectivity index (χ3v) is 8.45. The summed E-state index contributed by atoms with van der Waals surface area (Å²) in [5.41, 5.74) is -3.31. The number of rotatable bonds is 6. The lowest BCUT2D eigenvalue weighted by Gasteiger charge is -2.30. The molecule has 2 saturated heterocycles. The third-order valence-electron chi connectivity index (χ3n) is 7.31. The molecular formula is C29H30F6N4OS. The summed E-state index contributed by atoms with van der Waals surface area (Å²) in [7, 11) is 2.02. The van der Waals surface area contributed by atoms with Crippen LogP contribution in [0.4, 0.5) is 37.8 Å². The Balaban J connectivity index is 1.55. The second-order valence-corrected chi connectivity index (χ2v) is 11.3. The van der Waals surface area contributed by atoms with Crippen molar-refractivity contribution in [3.63, 3.8) is 0 Å². The molecular weight excluding hydrogens is 566 g/mol. The Morgan fingerprint density at radius 1 is 0.854 bits per heavy atom. The van der Waals surface area contributed by atoms with Crippen molar-refractivity contribution in [2.75, 3.05) is 56.7 Å². The number of morpholine rings is 1. The Kier molecular flexibility index (Phi) is 8.72. The van der Waals surface area contributed by atoms with Crippen molar-refractivity contribution in [3.05, 3.63) is 65.9 Å². The number of hydrogen-bond acceptors (Lipinski definition) is 6. The molecule has 0 radical (unpaired) electrons. The van der Waals surface area contributed by atoms with E-state index in [1.165, 1.54) is 18.3 Å². The number of likely N-dealkylation sites (tertiary alicyclic amines) is 1. The van der Waals surface area contributed by atoms with Crippen molar-refractivity contribution >= 4 is 23.3 Å². The Morgan fingerprint density at radius 3 is 2.22 bits per heavy atom. The number of benzene rings is 2. The number of piperidine rings is 1. The zero-order valence-electron chi connectivity index (χ0n) is 22.4. The van der Waals surface area contributed by atoms with Crippen molar-refractivity contribution in [1.29, 1.82) is 0 Å². The van der Waals surface area contributed by atoms with Gasteiger partial charge in [-0.2, -0.15) is 26.3 Å². The fourth-order valence-corrected chi connectivity index (χ4v) is 6.28. The summed E-state index contributed by atoms with van der Waals surface area (Å²) in [6.45, 7) is 3.58. The number of hydrogen-bond donors (Lipinski definition) is 1. The van der Waals surface area contributed by atoms with Gasteiger partial charge in [0.15, 0.2) is 0 Å². The summed E-state index contributed by atoms with van der Waals surface area (Å²) in [6.07, 6.45) is -7.48. The van der Waals surface area contributed by atoms with E-state index in [1.807, 2.05) is 11.9 Å². The molecule has 12 heteroatoms. The topological polar surface area (TPSA) is 40.6 Å². The smallest absolute Gasteiger partial charge is 0.381 e. The average Bonchev–Trinajstić information content (AvgIpc) is 2.94. The number of halogens is 6. The predicted octanol–water partition coefficient (Wildman–Crippen LogP) is 7.28. The van der Waals surface area contributed by atoms with Gasteiger partial charge in [-0.15, -0.1) is 0 Å². The first-order valence-electron chi connectivity index (χ1n) is 13.3. The van der Waals surface area contributed by atoms with Crippen LogP contribution in [-0.2, 0) is 17.1 Å². The van der Waals surface area contributed by atoms with E-state index in [1.54, 1.807) is 24.3 Å². The monoisotopic (exact) mass is 596 g/mol. The van der Waals surface area contributed by atoms with E-state index in [4.69, 9.17) is 4.74 Å². The number of ether oxygens (including phenoxy) is 1. The van der Waals surface area contributed by atoms with Crippen LogP contribution in [0.1, 0.15) is 24.0 Å². The van der Waals surface area contributed by atoms with Crippen LogP contribution in [0.15, 0.2) is 64.5 Å². The maximum Gasteiger partial charge on any atom is 0.418 e. The van der Waals surface area contributed by atoms with Crippen LogP contribution in [-0.4, -0.2) is 62.4 Å². The van der Waals surface area contributed by atoms with Crippen LogP contribution in [0.5, 0.6) is 0 Å². The summed E-state index contributed by atoms with van der Waals surface area (Å²) in [5.74, 6) is 0.389. The number of nitrogens with zero attached hydrogens (tertiary/aromatic N) is 3. The highest BCUT2D eigenvalue weighted by molar-refractivity contribution is 7.99. The molecule has 2 aromatic carbocycles. The minimum absolute atomic E-state index is 0.0141. The van der Waals surface area contributed by atoms with Crippen molar-refractivity contribution in [1.82, 2.24) is 9.88 Å². The Hall–Kier alpha value is -2.96. The largest absolute Gasteiger partial charge is 0.418 e. The van der Waals surface area contributed by atoms with Crippen LogP contribution >= 0.6 is 11.8 Å². The van der Waals surface area contributed by atoms with Gasteiger partial charge in [0.05, 0.1) is 24.3 Å². The van der Waals surface area contributed by atoms with Gasteiger partial charge in [0.2, 0.25) is 0 Å². The summed E-state index contributed by atoms with van der Waals surface area (Å²) in [5, 5.41) is 3.40. The van der Waals surface area contributed by atoms with Crippen LogP contribution in [0, 0.1) is 0 Å². The van der Waals surface area contributed by atoms with Gasteiger partial charge in [-0.1, -0.05) is 30.0 Å². The minimum Gasteiger partial charge on any atom is -0.381 e. The predicted molar refractivity (Wildman–Crippen MR) is 147 cm³/mol. The van der Waals surface area contributed by atoms with E-state index < -0.39 is 33.9 Å². The number of pyridine rings is 1. The van der Waals surface area contributed by atoms with Gasteiger partial charge in [-0.3, -0.25) is 0 Å². The van der Waals surface area contributed by atoms with Crippen molar-refractivity contribution < 1.29 is 31.1 Å². The molecule has 3 heterocycles. The first kappa shape index (κ1) is 29.5. The molecule has 0 unspecified atom stereocenters. The fraction of sp³-hybridized carbons (Fsp3) is 0.414. The van der Waals surface area contributed by atoms with E-state index in [2.05, 4.69) is 15.2 Å². The molecule has 220 valence electrons. The van der Waals surface area contributed by atoms with Gasteiger partial charge in [-0.25, -0.2) is 4.98 Å². The summed E-state index contributed by atoms with van der Waals surface area (Å²) in [4.78, 5) is 8.19. The molecule has 2 fully saturated rings. The second-order valence-electron chi connectivity index (χ2n) is 10.2. The van der Waals surface area contributed by atoms with Gasteiger partial charge in [-0.05, 0) is 74.4 Å². The van der Waals surface area contributed by atoms with Gasteiger partial charge in [0.25, 0.3) is 0 Å². The number of nitrogens with one attached hydrogen (secondary N) is 1. The normalized spacial score (nSPS) is 17.6. The Labute approximate surface area is 238 Å². The van der Waals surface area contributed by atoms with Gasteiger partial charge in [0, 0.05) is 40.8 Å². The zero-order valence-corrected chi connectivity index (χ0v) is 23.2. The van der Waals surface area contributed by atoms with Crippen LogP contribution in [0.3, 0.4) is 0 Å². The summed E-state index contributed by atoms with van der Waals surface area (Å²) < 4.78 is 92.6. The molecule has 0 aliphatic carbocycles. The number of anilines is 2. The molecule has 5 nitrogen and oxygen atoms in total. The molecule has 5 rings (SSSR count). The standard InChI is InChI=1S/C29H30F6N4OS/c1-38-12-9-20(10-13-38)37-22-4-2-3-5-23(22)41-24-7-6-21(26(28(30,31)32)27(24)29(33,34)35)19-8-11-36-25(18-19)39-14-16-40-17-15-39/h2-8,11,18,20,37H,9-10,12-17H2,1H3. The maximum absolute atomic E-state index is 14.6. The molecule has 3 aromatic rings. The van der Waals surface area contributed by atoms with Crippen LogP contribution < -0.4 is 10.2 Å². The molecule has 0 atom stereocenters. The highest BCUT2D eigenvalue weighted by atomic mass is 32.2. The number of aromatic nitrogens is 1. The number of para-hydroxylation sites is 1. The maximum atomic E-state index is 14.6. The molecule has 41 heavy (non-hydrogen) atoms. The van der Waals surface area contributed by atoms with Crippen molar-refractivity contribution in [3.8, 4) is 11.1 Å². The quantitative estimate of drug-likeness (QED) is 0.302. The third kappa shape index (κ3) is 6.92. The summed E-state index contributed by atoms with van der Waals surface area (Å²) >= 11 is 0.689. The minimum atomic E-state index is -5.26. The highest BCUT2D eigenvalue weighted by Gasteiger charge is 2.47. The zero-order chi connectivity index (χ0) is 29.2. The van der Waals surface area contributed by atoms with Crippen LogP contribution in [0.25, 0.3) is 11.1 Å².